The maximum atomic E-state index is 13.1. The molecular weight excluding hydrogens is 576 g/mol. The Hall–Kier alpha value is -3.72. The number of morpholine rings is 1. The molecule has 42 heavy (non-hydrogen) atoms. The number of amides is 1. The van der Waals surface area contributed by atoms with Gasteiger partial charge in [0.25, 0.3) is 5.91 Å². The summed E-state index contributed by atoms with van der Waals surface area (Å²) >= 11 is 0. The number of hydrogen-bond donors (Lipinski definition) is 2. The summed E-state index contributed by atoms with van der Waals surface area (Å²) in [6.45, 7) is 8.90. The van der Waals surface area contributed by atoms with Crippen molar-refractivity contribution in [2.45, 2.75) is 51.2 Å². The molecule has 0 unspecified atom stereocenters. The molecule has 4 rings (SSSR count). The van der Waals surface area contributed by atoms with E-state index in [2.05, 4.69) is 22.0 Å². The predicted molar refractivity (Wildman–Crippen MR) is 137 cm³/mol. The average Bonchev–Trinajstić information content (AvgIpc) is 2.89. The normalized spacial score (nSPS) is 16.9. The molecule has 0 aliphatic carbocycles. The van der Waals surface area contributed by atoms with E-state index < -0.39 is 24.3 Å². The third-order valence-electron chi connectivity index (χ3n) is 6.37. The van der Waals surface area contributed by atoms with E-state index in [9.17, 15) is 31.1 Å². The number of carboxylic acid groups (broad SMARTS) is 2. The van der Waals surface area contributed by atoms with E-state index in [0.29, 0.717) is 19.7 Å². The van der Waals surface area contributed by atoms with E-state index >= 15 is 0 Å². The number of aromatic nitrogens is 1. The zero-order valence-electron chi connectivity index (χ0n) is 22.8. The van der Waals surface area contributed by atoms with E-state index in [0.717, 1.165) is 54.9 Å². The Morgan fingerprint density at radius 2 is 1.43 bits per heavy atom. The van der Waals surface area contributed by atoms with Crippen LogP contribution in [0.5, 0.6) is 0 Å². The molecule has 2 aromatic rings. The average molecular weight is 608 g/mol. The van der Waals surface area contributed by atoms with Crippen molar-refractivity contribution in [1.29, 1.82) is 0 Å². The second-order valence-electron chi connectivity index (χ2n) is 9.84. The van der Waals surface area contributed by atoms with Crippen LogP contribution < -0.4 is 0 Å². The van der Waals surface area contributed by atoms with E-state index in [1.54, 1.807) is 0 Å². The first kappa shape index (κ1) is 34.5. The van der Waals surface area contributed by atoms with Crippen molar-refractivity contribution >= 4 is 17.8 Å². The standard InChI is InChI=1S/C23H29N3O2.2C2HF3O2/c1-18-13-19(2)15-20(14-18)22(27)26-11-12-28-23(17-26)6-9-25(10-7-23)16-21-5-3-4-8-24-21;2*3-2(4,5)1(6)7/h3-5,8,13-15H,6-7,9-12,16-17H2,1-2H3;2*(H,6,7). The van der Waals surface area contributed by atoms with E-state index in [4.69, 9.17) is 24.5 Å². The lowest BCUT2D eigenvalue weighted by molar-refractivity contribution is -0.193. The number of halogens is 6. The summed E-state index contributed by atoms with van der Waals surface area (Å²) in [6.07, 6.45) is -6.41. The smallest absolute Gasteiger partial charge is 0.475 e. The highest BCUT2D eigenvalue weighted by atomic mass is 19.4. The Morgan fingerprint density at radius 3 is 1.88 bits per heavy atom. The first-order chi connectivity index (χ1) is 19.4. The third-order valence-corrected chi connectivity index (χ3v) is 6.37. The zero-order valence-corrected chi connectivity index (χ0v) is 22.8. The molecule has 3 heterocycles. The molecular formula is C27H31F6N3O6. The molecule has 1 amide bonds. The van der Waals surface area contributed by atoms with Crippen LogP contribution in [0.4, 0.5) is 26.3 Å². The number of aryl methyl sites for hydroxylation is 2. The molecule has 2 N–H and O–H groups in total. The lowest BCUT2D eigenvalue weighted by Gasteiger charge is -2.47. The van der Waals surface area contributed by atoms with Crippen LogP contribution in [-0.4, -0.2) is 93.6 Å². The number of pyridine rings is 1. The van der Waals surface area contributed by atoms with Crippen molar-refractivity contribution in [1.82, 2.24) is 14.8 Å². The molecule has 232 valence electrons. The molecule has 0 bridgehead atoms. The summed E-state index contributed by atoms with van der Waals surface area (Å²) in [7, 11) is 0. The van der Waals surface area contributed by atoms with Crippen LogP contribution in [-0.2, 0) is 20.9 Å². The fourth-order valence-electron chi connectivity index (χ4n) is 4.44. The van der Waals surface area contributed by atoms with Crippen LogP contribution in [0.3, 0.4) is 0 Å². The minimum Gasteiger partial charge on any atom is -0.475 e. The van der Waals surface area contributed by atoms with Gasteiger partial charge in [0.2, 0.25) is 0 Å². The number of benzene rings is 1. The molecule has 2 aliphatic rings. The van der Waals surface area contributed by atoms with Gasteiger partial charge < -0.3 is 19.8 Å². The maximum Gasteiger partial charge on any atom is 0.490 e. The van der Waals surface area contributed by atoms with Gasteiger partial charge in [-0.15, -0.1) is 0 Å². The van der Waals surface area contributed by atoms with Crippen molar-refractivity contribution in [3.8, 4) is 0 Å². The topological polar surface area (TPSA) is 120 Å². The summed E-state index contributed by atoms with van der Waals surface area (Å²) in [5, 5.41) is 14.2. The number of piperidine rings is 1. The van der Waals surface area contributed by atoms with E-state index in [-0.39, 0.29) is 11.5 Å². The Bertz CT molecular complexity index is 1170. The summed E-state index contributed by atoms with van der Waals surface area (Å²) in [5.74, 6) is -5.38. The quantitative estimate of drug-likeness (QED) is 0.491. The zero-order chi connectivity index (χ0) is 31.7. The van der Waals surface area contributed by atoms with Gasteiger partial charge in [-0.25, -0.2) is 9.59 Å². The SMILES string of the molecule is Cc1cc(C)cc(C(=O)N2CCOC3(CCN(Cc4ccccn4)CC3)C2)c1.O=C(O)C(F)(F)F.O=C(O)C(F)(F)F. The lowest BCUT2D eigenvalue weighted by atomic mass is 9.89. The van der Waals surface area contributed by atoms with Gasteiger partial charge in [-0.1, -0.05) is 23.3 Å². The number of carbonyl (C=O) groups excluding carboxylic acids is 1. The first-order valence-electron chi connectivity index (χ1n) is 12.7. The molecule has 2 fully saturated rings. The van der Waals surface area contributed by atoms with E-state index in [1.165, 1.54) is 0 Å². The highest BCUT2D eigenvalue weighted by Gasteiger charge is 2.41. The number of hydrogen-bond acceptors (Lipinski definition) is 6. The van der Waals surface area contributed by atoms with Crippen LogP contribution in [0, 0.1) is 13.8 Å². The number of ether oxygens (including phenoxy) is 1. The lowest BCUT2D eigenvalue weighted by Crippen LogP contribution is -2.57. The van der Waals surface area contributed by atoms with Gasteiger partial charge in [-0.3, -0.25) is 14.7 Å². The minimum atomic E-state index is -5.08. The van der Waals surface area contributed by atoms with Gasteiger partial charge in [-0.2, -0.15) is 26.3 Å². The van der Waals surface area contributed by atoms with Gasteiger partial charge in [0, 0.05) is 37.9 Å². The van der Waals surface area contributed by atoms with Crippen molar-refractivity contribution in [3.05, 3.63) is 65.0 Å². The van der Waals surface area contributed by atoms with Gasteiger partial charge in [0.1, 0.15) is 0 Å². The minimum absolute atomic E-state index is 0.130. The molecule has 1 spiro atoms. The van der Waals surface area contributed by atoms with Crippen LogP contribution in [0.2, 0.25) is 0 Å². The number of likely N-dealkylation sites (tertiary alicyclic amines) is 1. The molecule has 0 atom stereocenters. The van der Waals surface area contributed by atoms with Crippen molar-refractivity contribution in [2.24, 2.45) is 0 Å². The van der Waals surface area contributed by atoms with Crippen LogP contribution in [0.1, 0.15) is 40.0 Å². The molecule has 0 radical (unpaired) electrons. The fraction of sp³-hybridized carbons (Fsp3) is 0.481. The molecule has 1 aromatic heterocycles. The Labute approximate surface area is 237 Å². The van der Waals surface area contributed by atoms with E-state index in [1.807, 2.05) is 49.2 Å². The van der Waals surface area contributed by atoms with Crippen molar-refractivity contribution in [3.63, 3.8) is 0 Å². The fourth-order valence-corrected chi connectivity index (χ4v) is 4.44. The summed E-state index contributed by atoms with van der Waals surface area (Å²) < 4.78 is 69.7. The van der Waals surface area contributed by atoms with Gasteiger partial charge in [-0.05, 0) is 51.0 Å². The molecule has 0 saturated carbocycles. The number of carbonyl (C=O) groups is 3. The van der Waals surface area contributed by atoms with Crippen LogP contribution >= 0.6 is 0 Å². The first-order valence-corrected chi connectivity index (χ1v) is 12.7. The molecule has 15 heteroatoms. The highest BCUT2D eigenvalue weighted by molar-refractivity contribution is 5.94. The highest BCUT2D eigenvalue weighted by Crippen LogP contribution is 2.31. The summed E-state index contributed by atoms with van der Waals surface area (Å²) in [5.41, 5.74) is 3.97. The number of nitrogens with zero attached hydrogens (tertiary/aromatic N) is 3. The third kappa shape index (κ3) is 10.9. The molecule has 2 aliphatic heterocycles. The van der Waals surface area contributed by atoms with Gasteiger partial charge >= 0.3 is 24.3 Å². The van der Waals surface area contributed by atoms with Gasteiger partial charge in [0.05, 0.1) is 24.4 Å². The Morgan fingerprint density at radius 1 is 0.905 bits per heavy atom. The monoisotopic (exact) mass is 607 g/mol. The Balaban J connectivity index is 0.000000367. The maximum absolute atomic E-state index is 13.1. The predicted octanol–water partition coefficient (Wildman–Crippen LogP) is 4.47. The number of aliphatic carboxylic acids is 2. The van der Waals surface area contributed by atoms with Gasteiger partial charge in [0.15, 0.2) is 0 Å². The second-order valence-corrected chi connectivity index (χ2v) is 9.84. The van der Waals surface area contributed by atoms with Crippen LogP contribution in [0.15, 0.2) is 42.6 Å². The molecule has 1 aromatic carbocycles. The number of carboxylic acids is 2. The second kappa shape index (κ2) is 14.4. The summed E-state index contributed by atoms with van der Waals surface area (Å²) in [4.78, 5) is 39.7. The van der Waals surface area contributed by atoms with Crippen molar-refractivity contribution < 1.29 is 55.7 Å². The van der Waals surface area contributed by atoms with Crippen LogP contribution in [0.25, 0.3) is 0 Å². The number of alkyl halides is 6. The number of rotatable bonds is 3. The molecule has 2 saturated heterocycles. The van der Waals surface area contributed by atoms with Crippen molar-refractivity contribution in [2.75, 3.05) is 32.8 Å². The molecule has 9 nitrogen and oxygen atoms in total. The largest absolute Gasteiger partial charge is 0.490 e. The summed E-state index contributed by atoms with van der Waals surface area (Å²) in [6, 6.07) is 12.2. The Kier molecular flexibility index (Phi) is 11.9.